The standard InChI is InChI=1S/C14H16BrF2N/c1-18-14(9-5-3-2-4-6-9)10-7-8-11(16)13(17)12(10)15/h5,7-8,14,18H,2-4,6H2,1H3. The first kappa shape index (κ1) is 13.7. The number of nitrogens with one attached hydrogen (secondary N) is 1. The van der Waals surface area contributed by atoms with Gasteiger partial charge in [-0.2, -0.15) is 0 Å². The number of rotatable bonds is 3. The molecule has 1 unspecified atom stereocenters. The van der Waals surface area contributed by atoms with Crippen LogP contribution < -0.4 is 5.32 Å². The fourth-order valence-electron chi connectivity index (χ4n) is 2.43. The third-order valence-electron chi connectivity index (χ3n) is 3.36. The summed E-state index contributed by atoms with van der Waals surface area (Å²) in [5.74, 6) is -1.64. The molecule has 0 spiro atoms. The average Bonchev–Trinajstić information content (AvgIpc) is 2.41. The number of halogens is 3. The van der Waals surface area contributed by atoms with Gasteiger partial charge >= 0.3 is 0 Å². The molecule has 1 atom stereocenters. The fourth-order valence-corrected chi connectivity index (χ4v) is 2.98. The molecule has 0 amide bonds. The normalized spacial score (nSPS) is 17.4. The highest BCUT2D eigenvalue weighted by molar-refractivity contribution is 9.10. The van der Waals surface area contributed by atoms with Gasteiger partial charge in [0.15, 0.2) is 11.6 Å². The van der Waals surface area contributed by atoms with E-state index in [1.165, 1.54) is 18.1 Å². The molecular weight excluding hydrogens is 300 g/mol. The van der Waals surface area contributed by atoms with Crippen LogP contribution in [-0.2, 0) is 0 Å². The number of allylic oxidation sites excluding steroid dienone is 1. The van der Waals surface area contributed by atoms with Gasteiger partial charge in [0.2, 0.25) is 0 Å². The van der Waals surface area contributed by atoms with Gasteiger partial charge < -0.3 is 5.32 Å². The molecule has 0 saturated carbocycles. The van der Waals surface area contributed by atoms with Crippen LogP contribution in [0.1, 0.15) is 37.3 Å². The van der Waals surface area contributed by atoms with Crippen molar-refractivity contribution in [3.8, 4) is 0 Å². The third-order valence-corrected chi connectivity index (χ3v) is 4.17. The Balaban J connectivity index is 2.39. The largest absolute Gasteiger partial charge is 0.310 e. The maximum absolute atomic E-state index is 13.6. The lowest BCUT2D eigenvalue weighted by molar-refractivity contribution is 0.498. The summed E-state index contributed by atoms with van der Waals surface area (Å²) in [5, 5.41) is 3.19. The van der Waals surface area contributed by atoms with Gasteiger partial charge in [-0.15, -0.1) is 0 Å². The highest BCUT2D eigenvalue weighted by atomic mass is 79.9. The zero-order valence-corrected chi connectivity index (χ0v) is 11.9. The molecule has 98 valence electrons. The van der Waals surface area contributed by atoms with Crippen LogP contribution in [0.25, 0.3) is 0 Å². The SMILES string of the molecule is CNC(C1=CCCCC1)c1ccc(F)c(F)c1Br. The van der Waals surface area contributed by atoms with E-state index >= 15 is 0 Å². The Hall–Kier alpha value is -0.740. The third kappa shape index (κ3) is 2.64. The second kappa shape index (κ2) is 5.93. The molecule has 2 rings (SSSR count). The quantitative estimate of drug-likeness (QED) is 0.640. The fraction of sp³-hybridized carbons (Fsp3) is 0.429. The first-order valence-corrected chi connectivity index (χ1v) is 6.94. The molecule has 0 heterocycles. The van der Waals surface area contributed by atoms with Crippen LogP contribution in [0.15, 0.2) is 28.3 Å². The van der Waals surface area contributed by atoms with Crippen molar-refractivity contribution in [3.63, 3.8) is 0 Å². The molecule has 4 heteroatoms. The topological polar surface area (TPSA) is 12.0 Å². The monoisotopic (exact) mass is 315 g/mol. The molecule has 0 saturated heterocycles. The molecule has 1 aliphatic carbocycles. The van der Waals surface area contributed by atoms with Gasteiger partial charge in [-0.05, 0) is 60.3 Å². The zero-order chi connectivity index (χ0) is 13.1. The van der Waals surface area contributed by atoms with Crippen molar-refractivity contribution in [2.75, 3.05) is 7.05 Å². The van der Waals surface area contributed by atoms with E-state index in [1.807, 2.05) is 7.05 Å². The van der Waals surface area contributed by atoms with Crippen molar-refractivity contribution in [1.29, 1.82) is 0 Å². The van der Waals surface area contributed by atoms with Gasteiger partial charge in [-0.1, -0.05) is 17.7 Å². The van der Waals surface area contributed by atoms with E-state index in [0.717, 1.165) is 24.8 Å². The van der Waals surface area contributed by atoms with Crippen molar-refractivity contribution in [2.45, 2.75) is 31.7 Å². The Morgan fingerprint density at radius 3 is 2.67 bits per heavy atom. The maximum Gasteiger partial charge on any atom is 0.173 e. The van der Waals surface area contributed by atoms with Crippen LogP contribution in [0.3, 0.4) is 0 Å². The van der Waals surface area contributed by atoms with Gasteiger partial charge in [0.1, 0.15) is 0 Å². The molecule has 1 aliphatic rings. The molecule has 18 heavy (non-hydrogen) atoms. The smallest absolute Gasteiger partial charge is 0.173 e. The summed E-state index contributed by atoms with van der Waals surface area (Å²) in [6.07, 6.45) is 6.65. The van der Waals surface area contributed by atoms with Crippen LogP contribution in [0.4, 0.5) is 8.78 Å². The summed E-state index contributed by atoms with van der Waals surface area (Å²) < 4.78 is 26.9. The molecule has 0 aliphatic heterocycles. The molecule has 0 bridgehead atoms. The average molecular weight is 316 g/mol. The Labute approximate surface area is 114 Å². The van der Waals surface area contributed by atoms with Crippen LogP contribution in [0.5, 0.6) is 0 Å². The lowest BCUT2D eigenvalue weighted by atomic mass is 9.90. The van der Waals surface area contributed by atoms with Crippen LogP contribution >= 0.6 is 15.9 Å². The molecular formula is C14H16BrF2N. The summed E-state index contributed by atoms with van der Waals surface area (Å²) in [6.45, 7) is 0. The number of benzene rings is 1. The molecule has 1 nitrogen and oxygen atoms in total. The Bertz CT molecular complexity index is 471. The molecule has 1 aromatic carbocycles. The van der Waals surface area contributed by atoms with Crippen molar-refractivity contribution in [2.24, 2.45) is 0 Å². The minimum atomic E-state index is -0.821. The lowest BCUT2D eigenvalue weighted by Gasteiger charge is -2.24. The van der Waals surface area contributed by atoms with Crippen molar-refractivity contribution in [3.05, 3.63) is 45.5 Å². The first-order chi connectivity index (χ1) is 8.65. The van der Waals surface area contributed by atoms with Crippen molar-refractivity contribution in [1.82, 2.24) is 5.32 Å². The second-order valence-corrected chi connectivity index (χ2v) is 5.30. The second-order valence-electron chi connectivity index (χ2n) is 4.51. The van der Waals surface area contributed by atoms with Gasteiger partial charge in [0, 0.05) is 0 Å². The minimum absolute atomic E-state index is 0.0465. The number of hydrogen-bond acceptors (Lipinski definition) is 1. The van der Waals surface area contributed by atoms with E-state index in [-0.39, 0.29) is 10.5 Å². The highest BCUT2D eigenvalue weighted by Gasteiger charge is 2.21. The molecule has 1 aromatic rings. The van der Waals surface area contributed by atoms with E-state index in [4.69, 9.17) is 0 Å². The minimum Gasteiger partial charge on any atom is -0.310 e. The van der Waals surface area contributed by atoms with E-state index in [2.05, 4.69) is 27.3 Å². The summed E-state index contributed by atoms with van der Waals surface area (Å²) >= 11 is 3.16. The lowest BCUT2D eigenvalue weighted by Crippen LogP contribution is -2.20. The predicted octanol–water partition coefficient (Wildman–Crippen LogP) is 4.49. The summed E-state index contributed by atoms with van der Waals surface area (Å²) in [7, 11) is 1.84. The van der Waals surface area contributed by atoms with E-state index in [1.54, 1.807) is 6.07 Å². The highest BCUT2D eigenvalue weighted by Crippen LogP contribution is 2.35. The van der Waals surface area contributed by atoms with Gasteiger partial charge in [0.05, 0.1) is 10.5 Å². The van der Waals surface area contributed by atoms with Crippen LogP contribution in [0, 0.1) is 11.6 Å². The van der Waals surface area contributed by atoms with Crippen LogP contribution in [-0.4, -0.2) is 7.05 Å². The summed E-state index contributed by atoms with van der Waals surface area (Å²) in [6, 6.07) is 2.78. The van der Waals surface area contributed by atoms with E-state index in [0.29, 0.717) is 0 Å². The Morgan fingerprint density at radius 2 is 2.06 bits per heavy atom. The number of hydrogen-bond donors (Lipinski definition) is 1. The molecule has 1 N–H and O–H groups in total. The maximum atomic E-state index is 13.6. The van der Waals surface area contributed by atoms with Gasteiger partial charge in [-0.3, -0.25) is 0 Å². The summed E-state index contributed by atoms with van der Waals surface area (Å²) in [5.41, 5.74) is 2.01. The van der Waals surface area contributed by atoms with E-state index < -0.39 is 11.6 Å². The van der Waals surface area contributed by atoms with Crippen LogP contribution in [0.2, 0.25) is 0 Å². The predicted molar refractivity (Wildman–Crippen MR) is 72.4 cm³/mol. The van der Waals surface area contributed by atoms with Gasteiger partial charge in [-0.25, -0.2) is 8.78 Å². The Morgan fingerprint density at radius 1 is 1.28 bits per heavy atom. The Kier molecular flexibility index (Phi) is 4.51. The first-order valence-electron chi connectivity index (χ1n) is 6.14. The van der Waals surface area contributed by atoms with Crippen molar-refractivity contribution >= 4 is 15.9 Å². The molecule has 0 aromatic heterocycles. The number of likely N-dealkylation sites (N-methyl/N-ethyl adjacent to an activating group) is 1. The molecule has 0 fully saturated rings. The summed E-state index contributed by atoms with van der Waals surface area (Å²) in [4.78, 5) is 0. The zero-order valence-electron chi connectivity index (χ0n) is 10.3. The van der Waals surface area contributed by atoms with Crippen molar-refractivity contribution < 1.29 is 8.78 Å². The van der Waals surface area contributed by atoms with E-state index in [9.17, 15) is 8.78 Å². The van der Waals surface area contributed by atoms with Gasteiger partial charge in [0.25, 0.3) is 0 Å². The molecule has 0 radical (unpaired) electrons.